The zero-order chi connectivity index (χ0) is 13.8. The highest BCUT2D eigenvalue weighted by molar-refractivity contribution is 5.75. The monoisotopic (exact) mass is 272 g/mol. The number of nitrogens with one attached hydrogen (secondary N) is 1. The van der Waals surface area contributed by atoms with E-state index in [9.17, 15) is 14.0 Å². The van der Waals surface area contributed by atoms with Gasteiger partial charge in [-0.25, -0.2) is 9.18 Å². The van der Waals surface area contributed by atoms with Crippen LogP contribution in [0.2, 0.25) is 0 Å². The average molecular weight is 272 g/mol. The molecule has 0 aromatic rings. The number of rotatable bonds is 2. The minimum absolute atomic E-state index is 0.0415. The number of esters is 1. The number of methoxy groups -OCH3 is 1. The summed E-state index contributed by atoms with van der Waals surface area (Å²) in [5.41, 5.74) is 0. The van der Waals surface area contributed by atoms with Gasteiger partial charge in [-0.3, -0.25) is 4.79 Å². The summed E-state index contributed by atoms with van der Waals surface area (Å²) in [4.78, 5) is 24.8. The molecule has 0 unspecified atom stereocenters. The molecule has 5 nitrogen and oxygen atoms in total. The van der Waals surface area contributed by atoms with Gasteiger partial charge in [-0.05, 0) is 32.1 Å². The fourth-order valence-electron chi connectivity index (χ4n) is 2.81. The van der Waals surface area contributed by atoms with E-state index in [0.29, 0.717) is 13.0 Å². The van der Waals surface area contributed by atoms with Gasteiger partial charge in [0.2, 0.25) is 0 Å². The van der Waals surface area contributed by atoms with E-state index >= 15 is 0 Å². The Bertz CT molecular complexity index is 343. The number of carbonyl (C=O) groups is 2. The zero-order valence-corrected chi connectivity index (χ0v) is 11.2. The van der Waals surface area contributed by atoms with E-state index < -0.39 is 6.17 Å². The van der Waals surface area contributed by atoms with Gasteiger partial charge in [-0.15, -0.1) is 0 Å². The van der Waals surface area contributed by atoms with Crippen molar-refractivity contribution in [3.63, 3.8) is 0 Å². The minimum atomic E-state index is -0.888. The number of alkyl halides is 1. The summed E-state index contributed by atoms with van der Waals surface area (Å²) in [5.74, 6) is -0.204. The van der Waals surface area contributed by atoms with Crippen LogP contribution in [0, 0.1) is 5.92 Å². The SMILES string of the molecule is COC(=O)[C@H]1CC[C@H](NC(=O)N2CC[C@H](F)C2)CC1. The molecule has 1 atom stereocenters. The number of hydrogen-bond donors (Lipinski definition) is 1. The van der Waals surface area contributed by atoms with Crippen molar-refractivity contribution in [3.8, 4) is 0 Å². The summed E-state index contributed by atoms with van der Waals surface area (Å²) in [5, 5.41) is 2.93. The number of likely N-dealkylation sites (tertiary alicyclic amines) is 1. The highest BCUT2D eigenvalue weighted by Gasteiger charge is 2.30. The zero-order valence-electron chi connectivity index (χ0n) is 11.2. The quantitative estimate of drug-likeness (QED) is 0.774. The maximum absolute atomic E-state index is 13.0. The molecule has 0 spiro atoms. The van der Waals surface area contributed by atoms with Crippen LogP contribution in [0.3, 0.4) is 0 Å². The molecule has 1 heterocycles. The second-order valence-electron chi connectivity index (χ2n) is 5.35. The molecule has 2 aliphatic rings. The maximum atomic E-state index is 13.0. The molecule has 0 aromatic carbocycles. The van der Waals surface area contributed by atoms with Gasteiger partial charge in [0, 0.05) is 12.6 Å². The van der Waals surface area contributed by atoms with Gasteiger partial charge in [0.15, 0.2) is 0 Å². The first-order valence-electron chi connectivity index (χ1n) is 6.87. The number of ether oxygens (including phenoxy) is 1. The Balaban J connectivity index is 1.73. The lowest BCUT2D eigenvalue weighted by Gasteiger charge is -2.29. The Hall–Kier alpha value is -1.33. The first kappa shape index (κ1) is 14.1. The van der Waals surface area contributed by atoms with Crippen molar-refractivity contribution in [2.45, 2.75) is 44.3 Å². The Morgan fingerprint density at radius 1 is 1.21 bits per heavy atom. The first-order chi connectivity index (χ1) is 9.10. The number of halogens is 1. The Morgan fingerprint density at radius 2 is 1.89 bits per heavy atom. The minimum Gasteiger partial charge on any atom is -0.469 e. The van der Waals surface area contributed by atoms with E-state index in [1.165, 1.54) is 12.0 Å². The fourth-order valence-corrected chi connectivity index (χ4v) is 2.81. The Kier molecular flexibility index (Phi) is 4.61. The van der Waals surface area contributed by atoms with Crippen molar-refractivity contribution in [1.82, 2.24) is 10.2 Å². The van der Waals surface area contributed by atoms with Gasteiger partial charge in [0.05, 0.1) is 19.6 Å². The van der Waals surface area contributed by atoms with Crippen molar-refractivity contribution in [2.24, 2.45) is 5.92 Å². The van der Waals surface area contributed by atoms with Crippen molar-refractivity contribution in [2.75, 3.05) is 20.2 Å². The Labute approximate surface area is 112 Å². The fraction of sp³-hybridized carbons (Fsp3) is 0.846. The van der Waals surface area contributed by atoms with E-state index in [2.05, 4.69) is 5.32 Å². The molecule has 2 fully saturated rings. The van der Waals surface area contributed by atoms with Gasteiger partial charge >= 0.3 is 12.0 Å². The predicted octanol–water partition coefficient (Wildman–Crippen LogP) is 1.47. The smallest absolute Gasteiger partial charge is 0.317 e. The van der Waals surface area contributed by atoms with E-state index in [0.717, 1.165) is 25.7 Å². The van der Waals surface area contributed by atoms with E-state index in [-0.39, 0.29) is 30.5 Å². The summed E-state index contributed by atoms with van der Waals surface area (Å²) in [7, 11) is 1.40. The Morgan fingerprint density at radius 3 is 2.42 bits per heavy atom. The summed E-state index contributed by atoms with van der Waals surface area (Å²) >= 11 is 0. The van der Waals surface area contributed by atoms with Crippen molar-refractivity contribution in [3.05, 3.63) is 0 Å². The third-order valence-electron chi connectivity index (χ3n) is 4.01. The van der Waals surface area contributed by atoms with Crippen LogP contribution in [0.15, 0.2) is 0 Å². The standard InChI is InChI=1S/C13H21FN2O3/c1-19-12(17)9-2-4-11(5-3-9)15-13(18)16-7-6-10(14)8-16/h9-11H,2-8H2,1H3,(H,15,18)/t9-,10-,11-/m0/s1. The summed E-state index contributed by atoms with van der Waals surface area (Å²) in [6, 6.07) is -0.0891. The molecule has 19 heavy (non-hydrogen) atoms. The third kappa shape index (κ3) is 3.58. The largest absolute Gasteiger partial charge is 0.469 e. The van der Waals surface area contributed by atoms with Crippen LogP contribution < -0.4 is 5.32 Å². The molecule has 1 saturated heterocycles. The van der Waals surface area contributed by atoms with E-state index in [4.69, 9.17) is 4.74 Å². The lowest BCUT2D eigenvalue weighted by molar-refractivity contribution is -0.146. The molecule has 1 saturated carbocycles. The molecule has 0 bridgehead atoms. The van der Waals surface area contributed by atoms with Crippen LogP contribution in [0.1, 0.15) is 32.1 Å². The molecular formula is C13H21FN2O3. The molecule has 108 valence electrons. The first-order valence-corrected chi connectivity index (χ1v) is 6.87. The summed E-state index contributed by atoms with van der Waals surface area (Å²) in [6.45, 7) is 0.688. The van der Waals surface area contributed by atoms with Crippen LogP contribution in [0.25, 0.3) is 0 Å². The highest BCUT2D eigenvalue weighted by Crippen LogP contribution is 2.25. The number of nitrogens with zero attached hydrogens (tertiary/aromatic N) is 1. The lowest BCUT2D eigenvalue weighted by Crippen LogP contribution is -2.45. The molecular weight excluding hydrogens is 251 g/mol. The number of amides is 2. The average Bonchev–Trinajstić information content (AvgIpc) is 2.85. The van der Waals surface area contributed by atoms with Crippen molar-refractivity contribution < 1.29 is 18.7 Å². The van der Waals surface area contributed by atoms with Gasteiger partial charge in [0.25, 0.3) is 0 Å². The molecule has 0 aromatic heterocycles. The molecule has 1 aliphatic carbocycles. The summed E-state index contributed by atoms with van der Waals surface area (Å²) < 4.78 is 17.7. The van der Waals surface area contributed by atoms with Crippen LogP contribution in [0.5, 0.6) is 0 Å². The second-order valence-corrected chi connectivity index (χ2v) is 5.35. The van der Waals surface area contributed by atoms with E-state index in [1.54, 1.807) is 0 Å². The van der Waals surface area contributed by atoms with Crippen LogP contribution in [-0.4, -0.2) is 49.3 Å². The topological polar surface area (TPSA) is 58.6 Å². The summed E-state index contributed by atoms with van der Waals surface area (Å²) in [6.07, 6.45) is 2.58. The number of urea groups is 1. The molecule has 2 rings (SSSR count). The van der Waals surface area contributed by atoms with Crippen molar-refractivity contribution in [1.29, 1.82) is 0 Å². The highest BCUT2D eigenvalue weighted by atomic mass is 19.1. The second kappa shape index (κ2) is 6.21. The maximum Gasteiger partial charge on any atom is 0.317 e. The van der Waals surface area contributed by atoms with Crippen LogP contribution in [-0.2, 0) is 9.53 Å². The normalized spacial score (nSPS) is 31.1. The van der Waals surface area contributed by atoms with Crippen LogP contribution >= 0.6 is 0 Å². The van der Waals surface area contributed by atoms with Gasteiger partial charge in [0.1, 0.15) is 6.17 Å². The van der Waals surface area contributed by atoms with Gasteiger partial charge in [-0.2, -0.15) is 0 Å². The number of hydrogen-bond acceptors (Lipinski definition) is 3. The van der Waals surface area contributed by atoms with Gasteiger partial charge < -0.3 is 15.0 Å². The van der Waals surface area contributed by atoms with Crippen molar-refractivity contribution >= 4 is 12.0 Å². The predicted molar refractivity (Wildman–Crippen MR) is 67.4 cm³/mol. The molecule has 2 amide bonds. The van der Waals surface area contributed by atoms with Gasteiger partial charge in [-0.1, -0.05) is 0 Å². The third-order valence-corrected chi connectivity index (χ3v) is 4.01. The lowest BCUT2D eigenvalue weighted by atomic mass is 9.86. The molecule has 1 N–H and O–H groups in total. The van der Waals surface area contributed by atoms with Crippen LogP contribution in [0.4, 0.5) is 9.18 Å². The molecule has 1 aliphatic heterocycles. The van der Waals surface area contributed by atoms with E-state index in [1.807, 2.05) is 0 Å². The molecule has 0 radical (unpaired) electrons. The number of carbonyl (C=O) groups excluding carboxylic acids is 2. The molecule has 6 heteroatoms.